The summed E-state index contributed by atoms with van der Waals surface area (Å²) < 4.78 is 1.89. The predicted octanol–water partition coefficient (Wildman–Crippen LogP) is 2.64. The fourth-order valence-corrected chi connectivity index (χ4v) is 2.08. The van der Waals surface area contributed by atoms with E-state index in [2.05, 4.69) is 24.4 Å². The molecular formula is C10H18Cl2N4. The molecule has 6 heteroatoms. The van der Waals surface area contributed by atoms with Gasteiger partial charge in [0.1, 0.15) is 0 Å². The molecule has 16 heavy (non-hydrogen) atoms. The Morgan fingerprint density at radius 3 is 2.75 bits per heavy atom. The molecule has 0 aromatic carbocycles. The van der Waals surface area contributed by atoms with Crippen LogP contribution in [0.15, 0.2) is 6.20 Å². The van der Waals surface area contributed by atoms with Gasteiger partial charge >= 0.3 is 0 Å². The van der Waals surface area contributed by atoms with Crippen LogP contribution in [0.1, 0.15) is 44.5 Å². The molecule has 0 aliphatic heterocycles. The van der Waals surface area contributed by atoms with E-state index >= 15 is 0 Å². The van der Waals surface area contributed by atoms with Crippen LogP contribution in [0, 0.1) is 0 Å². The second-order valence-electron chi connectivity index (χ2n) is 3.97. The molecule has 0 bridgehead atoms. The maximum absolute atomic E-state index is 6.13. The Kier molecular flexibility index (Phi) is 5.55. The van der Waals surface area contributed by atoms with Crippen molar-refractivity contribution in [2.75, 3.05) is 5.88 Å². The average molecular weight is 265 g/mol. The van der Waals surface area contributed by atoms with Crippen molar-refractivity contribution < 1.29 is 0 Å². The number of rotatable bonds is 6. The van der Waals surface area contributed by atoms with Gasteiger partial charge in [0, 0.05) is 11.9 Å². The third-order valence-electron chi connectivity index (χ3n) is 2.43. The molecule has 1 rings (SSSR count). The topological polar surface area (TPSA) is 55.9 Å². The smallest absolute Gasteiger partial charge is 0.0834 e. The predicted molar refractivity (Wildman–Crippen MR) is 67.6 cm³/mol. The molecule has 1 atom stereocenters. The monoisotopic (exact) mass is 264 g/mol. The number of nitrogens with two attached hydrogens (primary N) is 1. The van der Waals surface area contributed by atoms with E-state index in [1.807, 2.05) is 4.68 Å². The van der Waals surface area contributed by atoms with Crippen LogP contribution in [0.4, 0.5) is 0 Å². The lowest BCUT2D eigenvalue weighted by molar-refractivity contribution is 0.431. The number of aromatic nitrogens is 2. The Hall–Kier alpha value is -0.290. The zero-order chi connectivity index (χ0) is 12.1. The van der Waals surface area contributed by atoms with E-state index in [1.54, 1.807) is 6.20 Å². The molecule has 0 saturated carbocycles. The van der Waals surface area contributed by atoms with Crippen LogP contribution in [-0.2, 0) is 0 Å². The van der Waals surface area contributed by atoms with Crippen LogP contribution in [0.3, 0.4) is 0 Å². The summed E-state index contributed by atoms with van der Waals surface area (Å²) in [7, 11) is 0. The molecular weight excluding hydrogens is 247 g/mol. The molecule has 1 heterocycles. The molecule has 0 saturated heterocycles. The zero-order valence-electron chi connectivity index (χ0n) is 9.58. The molecule has 92 valence electrons. The van der Waals surface area contributed by atoms with Crippen molar-refractivity contribution in [3.63, 3.8) is 0 Å². The second-order valence-corrected chi connectivity index (χ2v) is 4.75. The number of halogens is 2. The van der Waals surface area contributed by atoms with Crippen molar-refractivity contribution in [1.82, 2.24) is 15.2 Å². The van der Waals surface area contributed by atoms with Gasteiger partial charge in [0.15, 0.2) is 0 Å². The Morgan fingerprint density at radius 1 is 1.56 bits per heavy atom. The minimum atomic E-state index is -0.00356. The molecule has 0 aliphatic carbocycles. The quantitative estimate of drug-likeness (QED) is 0.472. The third kappa shape index (κ3) is 3.10. The molecule has 0 amide bonds. The first-order valence-corrected chi connectivity index (χ1v) is 6.28. The van der Waals surface area contributed by atoms with Crippen LogP contribution in [0.25, 0.3) is 0 Å². The number of alkyl halides is 1. The standard InChI is InChI=1S/C10H18Cl2N4/c1-7(2)16-10(8(12)6-14-16)9(15-13)4-3-5-11/h6-7,9,15H,3-5,13H2,1-2H3. The van der Waals surface area contributed by atoms with Crippen molar-refractivity contribution in [3.05, 3.63) is 16.9 Å². The molecule has 0 radical (unpaired) electrons. The summed E-state index contributed by atoms with van der Waals surface area (Å²) in [6, 6.07) is 0.255. The van der Waals surface area contributed by atoms with E-state index in [0.717, 1.165) is 18.5 Å². The normalized spacial score (nSPS) is 13.4. The third-order valence-corrected chi connectivity index (χ3v) is 2.99. The van der Waals surface area contributed by atoms with Gasteiger partial charge < -0.3 is 0 Å². The molecule has 3 N–H and O–H groups in total. The summed E-state index contributed by atoms with van der Waals surface area (Å²) in [6.45, 7) is 4.11. The first-order valence-electron chi connectivity index (χ1n) is 5.36. The lowest BCUT2D eigenvalue weighted by Crippen LogP contribution is -2.30. The van der Waals surface area contributed by atoms with Gasteiger partial charge in [-0.2, -0.15) is 5.10 Å². The lowest BCUT2D eigenvalue weighted by Gasteiger charge is -2.19. The van der Waals surface area contributed by atoms with Gasteiger partial charge in [-0.3, -0.25) is 16.0 Å². The van der Waals surface area contributed by atoms with Crippen molar-refractivity contribution in [3.8, 4) is 0 Å². The molecule has 1 unspecified atom stereocenters. The summed E-state index contributed by atoms with van der Waals surface area (Å²) >= 11 is 11.8. The second kappa shape index (κ2) is 6.45. The average Bonchev–Trinajstić information content (AvgIpc) is 2.62. The van der Waals surface area contributed by atoms with Gasteiger partial charge in [0.05, 0.1) is 23.0 Å². The van der Waals surface area contributed by atoms with Crippen molar-refractivity contribution in [2.24, 2.45) is 5.84 Å². The number of hydrazine groups is 1. The molecule has 0 spiro atoms. The minimum absolute atomic E-state index is 0.00356. The van der Waals surface area contributed by atoms with Crippen LogP contribution in [0.5, 0.6) is 0 Å². The fraction of sp³-hybridized carbons (Fsp3) is 0.700. The SMILES string of the molecule is CC(C)n1ncc(Cl)c1C(CCCCl)NN. The largest absolute Gasteiger partial charge is 0.271 e. The number of hydrogen-bond donors (Lipinski definition) is 2. The Bertz CT molecular complexity index is 325. The number of hydrogen-bond acceptors (Lipinski definition) is 3. The maximum atomic E-state index is 6.13. The molecule has 1 aromatic rings. The summed E-state index contributed by atoms with van der Waals surface area (Å²) in [5.74, 6) is 6.17. The van der Waals surface area contributed by atoms with Gasteiger partial charge in [-0.1, -0.05) is 11.6 Å². The first-order chi connectivity index (χ1) is 7.61. The van der Waals surface area contributed by atoms with Crippen molar-refractivity contribution in [2.45, 2.75) is 38.8 Å². The van der Waals surface area contributed by atoms with Crippen LogP contribution < -0.4 is 11.3 Å². The highest BCUT2D eigenvalue weighted by atomic mass is 35.5. The highest BCUT2D eigenvalue weighted by Gasteiger charge is 2.20. The summed E-state index contributed by atoms with van der Waals surface area (Å²) in [6.07, 6.45) is 3.39. The fourth-order valence-electron chi connectivity index (χ4n) is 1.67. The van der Waals surface area contributed by atoms with E-state index in [0.29, 0.717) is 10.9 Å². The summed E-state index contributed by atoms with van der Waals surface area (Å²) in [4.78, 5) is 0. The van der Waals surface area contributed by atoms with E-state index < -0.39 is 0 Å². The maximum Gasteiger partial charge on any atom is 0.0834 e. The molecule has 0 fully saturated rings. The van der Waals surface area contributed by atoms with Crippen LogP contribution in [-0.4, -0.2) is 15.7 Å². The number of nitrogens with zero attached hydrogens (tertiary/aromatic N) is 2. The summed E-state index contributed by atoms with van der Waals surface area (Å²) in [5.41, 5.74) is 3.71. The highest BCUT2D eigenvalue weighted by Crippen LogP contribution is 2.27. The highest BCUT2D eigenvalue weighted by molar-refractivity contribution is 6.31. The molecule has 4 nitrogen and oxygen atoms in total. The lowest BCUT2D eigenvalue weighted by atomic mass is 10.1. The van der Waals surface area contributed by atoms with E-state index in [1.165, 1.54) is 0 Å². The van der Waals surface area contributed by atoms with Gasteiger partial charge in [-0.25, -0.2) is 0 Å². The van der Waals surface area contributed by atoms with Gasteiger partial charge in [0.2, 0.25) is 0 Å². The van der Waals surface area contributed by atoms with Gasteiger partial charge in [0.25, 0.3) is 0 Å². The van der Waals surface area contributed by atoms with Crippen molar-refractivity contribution >= 4 is 23.2 Å². The number of nitrogens with one attached hydrogen (secondary N) is 1. The van der Waals surface area contributed by atoms with Gasteiger partial charge in [-0.15, -0.1) is 11.6 Å². The van der Waals surface area contributed by atoms with E-state index in [9.17, 15) is 0 Å². The van der Waals surface area contributed by atoms with Crippen molar-refractivity contribution in [1.29, 1.82) is 0 Å². The van der Waals surface area contributed by atoms with Crippen LogP contribution >= 0.6 is 23.2 Å². The van der Waals surface area contributed by atoms with E-state index in [-0.39, 0.29) is 12.1 Å². The van der Waals surface area contributed by atoms with Crippen LogP contribution in [0.2, 0.25) is 5.02 Å². The molecule has 0 aliphatic rings. The summed E-state index contributed by atoms with van der Waals surface area (Å²) in [5, 5.41) is 4.89. The van der Waals surface area contributed by atoms with E-state index in [4.69, 9.17) is 29.0 Å². The zero-order valence-corrected chi connectivity index (χ0v) is 11.1. The van der Waals surface area contributed by atoms with Gasteiger partial charge in [-0.05, 0) is 26.7 Å². The Labute approximate surface area is 106 Å². The molecule has 1 aromatic heterocycles. The first kappa shape index (κ1) is 13.8. The minimum Gasteiger partial charge on any atom is -0.271 e. The Balaban J connectivity index is 2.93. The Morgan fingerprint density at radius 2 is 2.25 bits per heavy atom.